The first-order valence-electron chi connectivity index (χ1n) is 5.55. The van der Waals surface area contributed by atoms with Crippen LogP contribution in [0.4, 0.5) is 0 Å². The van der Waals surface area contributed by atoms with E-state index in [0.717, 1.165) is 0 Å². The van der Waals surface area contributed by atoms with Gasteiger partial charge < -0.3 is 10.4 Å². The van der Waals surface area contributed by atoms with E-state index in [0.29, 0.717) is 5.56 Å². The molecule has 0 aliphatic carbocycles. The zero-order valence-corrected chi connectivity index (χ0v) is 11.4. The van der Waals surface area contributed by atoms with Crippen molar-refractivity contribution in [1.82, 2.24) is 5.32 Å². The van der Waals surface area contributed by atoms with E-state index < -0.39 is 27.0 Å². The van der Waals surface area contributed by atoms with E-state index >= 15 is 0 Å². The minimum Gasteiger partial charge on any atom is -0.481 e. The quantitative estimate of drug-likeness (QED) is 0.806. The molecule has 104 valence electrons. The van der Waals surface area contributed by atoms with Crippen LogP contribution >= 0.6 is 0 Å². The Morgan fingerprint density at radius 1 is 1.26 bits per heavy atom. The number of amides is 1. The van der Waals surface area contributed by atoms with Crippen LogP contribution in [0.1, 0.15) is 12.5 Å². The second-order valence-corrected chi connectivity index (χ2v) is 6.28. The Bertz CT molecular complexity index is 577. The summed E-state index contributed by atoms with van der Waals surface area (Å²) in [6.45, 7) is 1.30. The number of carboxylic acid groups (broad SMARTS) is 1. The topological polar surface area (TPSA) is 101 Å². The molecule has 6 nitrogen and oxygen atoms in total. The van der Waals surface area contributed by atoms with E-state index in [2.05, 4.69) is 5.32 Å². The van der Waals surface area contributed by atoms with E-state index in [1.807, 2.05) is 0 Å². The largest absolute Gasteiger partial charge is 0.481 e. The highest BCUT2D eigenvalue weighted by atomic mass is 32.2. The molecule has 2 N–H and O–H groups in total. The number of hydrogen-bond donors (Lipinski definition) is 2. The summed E-state index contributed by atoms with van der Waals surface area (Å²) in [5.74, 6) is -1.58. The Labute approximate surface area is 111 Å². The van der Waals surface area contributed by atoms with Gasteiger partial charge in [0.15, 0.2) is 9.84 Å². The molecule has 19 heavy (non-hydrogen) atoms. The van der Waals surface area contributed by atoms with Gasteiger partial charge in [-0.05, 0) is 24.6 Å². The van der Waals surface area contributed by atoms with Crippen LogP contribution in [0.5, 0.6) is 0 Å². The van der Waals surface area contributed by atoms with Gasteiger partial charge in [0.1, 0.15) is 5.25 Å². The standard InChI is InChI=1S/C12H15NO5S/c1-8(12(16)13-2)19(17,18)10-5-3-9(4-6-10)7-11(14)15/h3-6,8H,7H2,1-2H3,(H,13,16)(H,14,15). The zero-order valence-electron chi connectivity index (χ0n) is 10.6. The predicted molar refractivity (Wildman–Crippen MR) is 68.5 cm³/mol. The molecule has 0 radical (unpaired) electrons. The molecule has 0 aromatic heterocycles. The van der Waals surface area contributed by atoms with Crippen molar-refractivity contribution in [2.24, 2.45) is 0 Å². The maximum atomic E-state index is 12.1. The summed E-state index contributed by atoms with van der Waals surface area (Å²) < 4.78 is 24.2. The number of benzene rings is 1. The van der Waals surface area contributed by atoms with Gasteiger partial charge in [-0.15, -0.1) is 0 Å². The molecular weight excluding hydrogens is 270 g/mol. The molecular formula is C12H15NO5S. The molecule has 1 rings (SSSR count). The van der Waals surface area contributed by atoms with Crippen LogP contribution in [-0.4, -0.2) is 37.7 Å². The molecule has 0 fully saturated rings. The molecule has 0 spiro atoms. The Morgan fingerprint density at radius 3 is 2.21 bits per heavy atom. The lowest BCUT2D eigenvalue weighted by molar-refractivity contribution is -0.136. The van der Waals surface area contributed by atoms with Crippen molar-refractivity contribution in [2.45, 2.75) is 23.5 Å². The van der Waals surface area contributed by atoms with Crippen LogP contribution < -0.4 is 5.32 Å². The minimum atomic E-state index is -3.76. The van der Waals surface area contributed by atoms with Gasteiger partial charge in [-0.25, -0.2) is 8.42 Å². The van der Waals surface area contributed by atoms with Gasteiger partial charge in [-0.2, -0.15) is 0 Å². The lowest BCUT2D eigenvalue weighted by Crippen LogP contribution is -2.35. The lowest BCUT2D eigenvalue weighted by Gasteiger charge is -2.11. The number of aliphatic carboxylic acids is 1. The van der Waals surface area contributed by atoms with Crippen LogP contribution in [0.3, 0.4) is 0 Å². The Hall–Kier alpha value is -1.89. The van der Waals surface area contributed by atoms with E-state index in [1.165, 1.54) is 38.2 Å². The molecule has 1 aromatic rings. The van der Waals surface area contributed by atoms with Crippen LogP contribution in [0.15, 0.2) is 29.2 Å². The maximum absolute atomic E-state index is 12.1. The molecule has 7 heteroatoms. The van der Waals surface area contributed by atoms with Crippen molar-refractivity contribution in [1.29, 1.82) is 0 Å². The summed E-state index contributed by atoms with van der Waals surface area (Å²) in [5, 5.41) is 9.71. The summed E-state index contributed by atoms with van der Waals surface area (Å²) in [7, 11) is -2.39. The normalized spacial score (nSPS) is 12.7. The molecule has 1 amide bonds. The lowest BCUT2D eigenvalue weighted by atomic mass is 10.2. The average molecular weight is 285 g/mol. The second-order valence-electron chi connectivity index (χ2n) is 4.02. The van der Waals surface area contributed by atoms with E-state index in [1.54, 1.807) is 0 Å². The van der Waals surface area contributed by atoms with Gasteiger partial charge >= 0.3 is 5.97 Å². The van der Waals surface area contributed by atoms with E-state index in [9.17, 15) is 18.0 Å². The number of carboxylic acids is 1. The first-order chi connectivity index (χ1) is 8.78. The maximum Gasteiger partial charge on any atom is 0.307 e. The molecule has 1 unspecified atom stereocenters. The van der Waals surface area contributed by atoms with Crippen molar-refractivity contribution < 1.29 is 23.1 Å². The van der Waals surface area contributed by atoms with Gasteiger partial charge in [0, 0.05) is 7.05 Å². The SMILES string of the molecule is CNC(=O)C(C)S(=O)(=O)c1ccc(CC(=O)O)cc1. The van der Waals surface area contributed by atoms with Gasteiger partial charge in [-0.3, -0.25) is 9.59 Å². The predicted octanol–water partition coefficient (Wildman–Crippen LogP) is 0.222. The summed E-state index contributed by atoms with van der Waals surface area (Å²) in [5.41, 5.74) is 0.499. The number of rotatable bonds is 5. The monoisotopic (exact) mass is 285 g/mol. The molecule has 0 saturated heterocycles. The summed E-state index contributed by atoms with van der Waals surface area (Å²) in [6, 6.07) is 5.48. The molecule has 0 aliphatic heterocycles. The first-order valence-corrected chi connectivity index (χ1v) is 7.10. The highest BCUT2D eigenvalue weighted by Crippen LogP contribution is 2.17. The molecule has 0 heterocycles. The van der Waals surface area contributed by atoms with Crippen LogP contribution in [0.2, 0.25) is 0 Å². The fourth-order valence-electron chi connectivity index (χ4n) is 1.52. The number of hydrogen-bond acceptors (Lipinski definition) is 4. The number of sulfone groups is 1. The van der Waals surface area contributed by atoms with Crippen molar-refractivity contribution >= 4 is 21.7 Å². The third kappa shape index (κ3) is 3.54. The van der Waals surface area contributed by atoms with Crippen molar-refractivity contribution in [3.05, 3.63) is 29.8 Å². The highest BCUT2D eigenvalue weighted by Gasteiger charge is 2.28. The van der Waals surface area contributed by atoms with Crippen LogP contribution in [-0.2, 0) is 25.8 Å². The number of nitrogens with one attached hydrogen (secondary N) is 1. The molecule has 1 aromatic carbocycles. The first kappa shape index (κ1) is 15.2. The average Bonchev–Trinajstić information content (AvgIpc) is 2.36. The summed E-state index contributed by atoms with van der Waals surface area (Å²) in [4.78, 5) is 21.9. The van der Waals surface area contributed by atoms with Gasteiger partial charge in [0.2, 0.25) is 5.91 Å². The van der Waals surface area contributed by atoms with E-state index in [4.69, 9.17) is 5.11 Å². The Kier molecular flexibility index (Phi) is 4.66. The zero-order chi connectivity index (χ0) is 14.6. The van der Waals surface area contributed by atoms with Crippen molar-refractivity contribution in [3.8, 4) is 0 Å². The summed E-state index contributed by atoms with van der Waals surface area (Å²) in [6.07, 6.45) is -0.175. The van der Waals surface area contributed by atoms with Crippen LogP contribution in [0, 0.1) is 0 Å². The third-order valence-corrected chi connectivity index (χ3v) is 4.76. The van der Waals surface area contributed by atoms with E-state index in [-0.39, 0.29) is 11.3 Å². The summed E-state index contributed by atoms with van der Waals surface area (Å²) >= 11 is 0. The van der Waals surface area contributed by atoms with Crippen molar-refractivity contribution in [2.75, 3.05) is 7.05 Å². The Morgan fingerprint density at radius 2 is 1.79 bits per heavy atom. The van der Waals surface area contributed by atoms with Gasteiger partial charge in [-0.1, -0.05) is 12.1 Å². The third-order valence-electron chi connectivity index (χ3n) is 2.69. The number of carbonyl (C=O) groups is 2. The molecule has 1 atom stereocenters. The van der Waals surface area contributed by atoms with Gasteiger partial charge in [0.25, 0.3) is 0 Å². The Balaban J connectivity index is 3.03. The molecule has 0 bridgehead atoms. The smallest absolute Gasteiger partial charge is 0.307 e. The van der Waals surface area contributed by atoms with Crippen molar-refractivity contribution in [3.63, 3.8) is 0 Å². The van der Waals surface area contributed by atoms with Crippen LogP contribution in [0.25, 0.3) is 0 Å². The molecule has 0 saturated carbocycles. The van der Waals surface area contributed by atoms with Gasteiger partial charge in [0.05, 0.1) is 11.3 Å². The number of carbonyl (C=O) groups excluding carboxylic acids is 1. The molecule has 0 aliphatic rings. The fourth-order valence-corrected chi connectivity index (χ4v) is 2.84. The second kappa shape index (κ2) is 5.83. The minimum absolute atomic E-state index is 0.00209. The fraction of sp³-hybridized carbons (Fsp3) is 0.333. The highest BCUT2D eigenvalue weighted by molar-refractivity contribution is 7.92.